The Bertz CT molecular complexity index is 646. The molecule has 1 heterocycles. The maximum atomic E-state index is 5.01. The highest BCUT2D eigenvalue weighted by Gasteiger charge is 2.20. The van der Waals surface area contributed by atoms with Gasteiger partial charge >= 0.3 is 0 Å². The summed E-state index contributed by atoms with van der Waals surface area (Å²) in [6.45, 7) is 7.70. The van der Waals surface area contributed by atoms with E-state index in [2.05, 4.69) is 44.3 Å². The normalized spacial score (nSPS) is 15.4. The van der Waals surface area contributed by atoms with Crippen LogP contribution in [0.4, 0.5) is 0 Å². The van der Waals surface area contributed by atoms with Crippen molar-refractivity contribution in [1.82, 2.24) is 10.3 Å². The molecule has 0 fully saturated rings. The maximum Gasteiger partial charge on any atom is 0.0740 e. The van der Waals surface area contributed by atoms with E-state index in [-0.39, 0.29) is 0 Å². The lowest BCUT2D eigenvalue weighted by Crippen LogP contribution is -2.25. The monoisotopic (exact) mass is 282 g/mol. The molecule has 1 N–H and O–H groups in total. The van der Waals surface area contributed by atoms with Gasteiger partial charge < -0.3 is 5.32 Å². The molecule has 1 aliphatic carbocycles. The fraction of sp³-hybridized carbons (Fsp3) is 0.526. The second-order valence-electron chi connectivity index (χ2n) is 6.23. The molecule has 0 amide bonds. The van der Waals surface area contributed by atoms with Crippen LogP contribution in [0, 0.1) is 0 Å². The molecule has 2 nitrogen and oxygen atoms in total. The predicted octanol–water partition coefficient (Wildman–Crippen LogP) is 4.17. The summed E-state index contributed by atoms with van der Waals surface area (Å²) in [4.78, 5) is 5.01. The van der Waals surface area contributed by atoms with Crippen LogP contribution in [0.3, 0.4) is 0 Å². The van der Waals surface area contributed by atoms with Gasteiger partial charge in [0.25, 0.3) is 0 Å². The number of benzene rings is 1. The van der Waals surface area contributed by atoms with E-state index >= 15 is 0 Å². The van der Waals surface area contributed by atoms with Crippen LogP contribution in [0.1, 0.15) is 56.0 Å². The van der Waals surface area contributed by atoms with E-state index < -0.39 is 0 Å². The lowest BCUT2D eigenvalue weighted by molar-refractivity contribution is 0.534. The summed E-state index contributed by atoms with van der Waals surface area (Å²) >= 11 is 0. The highest BCUT2D eigenvalue weighted by Crippen LogP contribution is 2.31. The van der Waals surface area contributed by atoms with Crippen molar-refractivity contribution in [2.45, 2.75) is 65.5 Å². The molecule has 2 aromatic rings. The second-order valence-corrected chi connectivity index (χ2v) is 6.23. The first kappa shape index (κ1) is 14.5. The van der Waals surface area contributed by atoms with Gasteiger partial charge in [0.05, 0.1) is 5.52 Å². The molecule has 1 aliphatic rings. The van der Waals surface area contributed by atoms with E-state index in [9.17, 15) is 0 Å². The summed E-state index contributed by atoms with van der Waals surface area (Å²) in [5.41, 5.74) is 6.99. The van der Waals surface area contributed by atoms with E-state index in [0.29, 0.717) is 6.04 Å². The van der Waals surface area contributed by atoms with Gasteiger partial charge in [0.15, 0.2) is 0 Å². The van der Waals surface area contributed by atoms with Gasteiger partial charge in [0, 0.05) is 23.7 Å². The summed E-state index contributed by atoms with van der Waals surface area (Å²) in [5, 5.41) is 5.05. The number of nitrogens with one attached hydrogen (secondary N) is 1. The Labute approximate surface area is 128 Å². The van der Waals surface area contributed by atoms with Crippen LogP contribution >= 0.6 is 0 Å². The average molecular weight is 282 g/mol. The number of pyridine rings is 1. The first-order valence-electron chi connectivity index (χ1n) is 8.40. The molecule has 3 rings (SSSR count). The Morgan fingerprint density at radius 1 is 1.24 bits per heavy atom. The highest BCUT2D eigenvalue weighted by molar-refractivity contribution is 5.86. The number of aryl methyl sites for hydroxylation is 2. The van der Waals surface area contributed by atoms with Crippen molar-refractivity contribution in [2.75, 3.05) is 0 Å². The summed E-state index contributed by atoms with van der Waals surface area (Å²) in [6.07, 6.45) is 5.84. The minimum Gasteiger partial charge on any atom is -0.310 e. The third kappa shape index (κ3) is 2.69. The molecule has 1 aromatic heterocycles. The second kappa shape index (κ2) is 6.15. The fourth-order valence-electron chi connectivity index (χ4n) is 3.35. The van der Waals surface area contributed by atoms with Crippen LogP contribution in [0.25, 0.3) is 10.9 Å². The standard InChI is InChI=1S/C19H26N2/c1-4-13(3)20-12-17-15-9-7-11-18(15)21-19-14(5-2)8-6-10-16(17)19/h6,8,10,13,20H,4-5,7,9,11-12H2,1-3H3. The minimum atomic E-state index is 0.569. The Balaban J connectivity index is 2.11. The first-order valence-corrected chi connectivity index (χ1v) is 8.40. The zero-order valence-corrected chi connectivity index (χ0v) is 13.5. The third-order valence-electron chi connectivity index (χ3n) is 4.87. The van der Waals surface area contributed by atoms with E-state index in [0.717, 1.165) is 19.4 Å². The number of hydrogen-bond donors (Lipinski definition) is 1. The van der Waals surface area contributed by atoms with Crippen LogP contribution in [0.5, 0.6) is 0 Å². The van der Waals surface area contributed by atoms with Gasteiger partial charge in [-0.05, 0) is 55.7 Å². The smallest absolute Gasteiger partial charge is 0.0740 e. The zero-order valence-electron chi connectivity index (χ0n) is 13.5. The van der Waals surface area contributed by atoms with Gasteiger partial charge in [-0.25, -0.2) is 0 Å². The van der Waals surface area contributed by atoms with Crippen LogP contribution < -0.4 is 5.32 Å². The van der Waals surface area contributed by atoms with E-state index in [1.165, 1.54) is 52.5 Å². The van der Waals surface area contributed by atoms with Crippen molar-refractivity contribution in [2.24, 2.45) is 0 Å². The minimum absolute atomic E-state index is 0.569. The third-order valence-corrected chi connectivity index (χ3v) is 4.87. The first-order chi connectivity index (χ1) is 10.2. The zero-order chi connectivity index (χ0) is 14.8. The molecule has 1 unspecified atom stereocenters. The van der Waals surface area contributed by atoms with Crippen LogP contribution in [-0.2, 0) is 25.8 Å². The topological polar surface area (TPSA) is 24.9 Å². The molecule has 0 radical (unpaired) electrons. The molecule has 1 aromatic carbocycles. The summed E-state index contributed by atoms with van der Waals surface area (Å²) in [7, 11) is 0. The van der Waals surface area contributed by atoms with Crippen molar-refractivity contribution in [3.8, 4) is 0 Å². The molecule has 2 heteroatoms. The number of nitrogens with zero attached hydrogens (tertiary/aromatic N) is 1. The van der Waals surface area contributed by atoms with Crippen molar-refractivity contribution in [3.63, 3.8) is 0 Å². The lowest BCUT2D eigenvalue weighted by Gasteiger charge is -2.17. The summed E-state index contributed by atoms with van der Waals surface area (Å²) in [6, 6.07) is 7.24. The van der Waals surface area contributed by atoms with E-state index in [1.807, 2.05) is 0 Å². The van der Waals surface area contributed by atoms with Crippen LogP contribution in [-0.4, -0.2) is 11.0 Å². The number of aromatic nitrogens is 1. The molecule has 0 spiro atoms. The Hall–Kier alpha value is -1.41. The van der Waals surface area contributed by atoms with E-state index in [4.69, 9.17) is 4.98 Å². The molecule has 1 atom stereocenters. The molecule has 112 valence electrons. The summed E-state index contributed by atoms with van der Waals surface area (Å²) in [5.74, 6) is 0. The Morgan fingerprint density at radius 2 is 2.10 bits per heavy atom. The lowest BCUT2D eigenvalue weighted by atomic mass is 9.98. The molecular formula is C19H26N2. The van der Waals surface area contributed by atoms with Crippen molar-refractivity contribution < 1.29 is 0 Å². The average Bonchev–Trinajstić information content (AvgIpc) is 2.98. The van der Waals surface area contributed by atoms with Gasteiger partial charge in [0.1, 0.15) is 0 Å². The maximum absolute atomic E-state index is 5.01. The number of hydrogen-bond acceptors (Lipinski definition) is 2. The molecular weight excluding hydrogens is 256 g/mol. The van der Waals surface area contributed by atoms with Crippen molar-refractivity contribution in [1.29, 1.82) is 0 Å². The van der Waals surface area contributed by atoms with Gasteiger partial charge in [-0.3, -0.25) is 4.98 Å². The Morgan fingerprint density at radius 3 is 2.86 bits per heavy atom. The van der Waals surface area contributed by atoms with Crippen molar-refractivity contribution >= 4 is 10.9 Å². The van der Waals surface area contributed by atoms with Crippen molar-refractivity contribution in [3.05, 3.63) is 40.6 Å². The molecule has 0 saturated carbocycles. The Kier molecular flexibility index (Phi) is 4.25. The van der Waals surface area contributed by atoms with Gasteiger partial charge in [-0.2, -0.15) is 0 Å². The van der Waals surface area contributed by atoms with Gasteiger partial charge in [0.2, 0.25) is 0 Å². The molecule has 21 heavy (non-hydrogen) atoms. The summed E-state index contributed by atoms with van der Waals surface area (Å²) < 4.78 is 0. The van der Waals surface area contributed by atoms with Crippen LogP contribution in [0.2, 0.25) is 0 Å². The van der Waals surface area contributed by atoms with Gasteiger partial charge in [-0.1, -0.05) is 32.0 Å². The number of rotatable bonds is 5. The predicted molar refractivity (Wildman–Crippen MR) is 89.7 cm³/mol. The number of fused-ring (bicyclic) bond motifs is 2. The fourth-order valence-corrected chi connectivity index (χ4v) is 3.35. The molecule has 0 aliphatic heterocycles. The van der Waals surface area contributed by atoms with Gasteiger partial charge in [-0.15, -0.1) is 0 Å². The molecule has 0 bridgehead atoms. The van der Waals surface area contributed by atoms with Crippen LogP contribution in [0.15, 0.2) is 18.2 Å². The SMILES string of the molecule is CCc1cccc2c(CNC(C)CC)c3c(nc12)CCC3. The highest BCUT2D eigenvalue weighted by atomic mass is 14.9. The van der Waals surface area contributed by atoms with E-state index in [1.54, 1.807) is 0 Å². The quantitative estimate of drug-likeness (QED) is 0.890. The number of para-hydroxylation sites is 1. The largest absolute Gasteiger partial charge is 0.310 e. The molecule has 0 saturated heterocycles.